The molecule has 3 nitrogen and oxygen atoms in total. The molecule has 16 heavy (non-hydrogen) atoms. The maximum atomic E-state index is 9.93. The Morgan fingerprint density at radius 3 is 2.88 bits per heavy atom. The molecule has 0 spiro atoms. The van der Waals surface area contributed by atoms with Crippen molar-refractivity contribution in [2.75, 3.05) is 6.79 Å². The van der Waals surface area contributed by atoms with Gasteiger partial charge in [-0.3, -0.25) is 0 Å². The highest BCUT2D eigenvalue weighted by atomic mass is 35.5. The zero-order chi connectivity index (χ0) is 11.3. The molecule has 0 amide bonds. The second kappa shape index (κ2) is 3.28. The van der Waals surface area contributed by atoms with Crippen molar-refractivity contribution in [3.05, 3.63) is 22.2 Å². The Bertz CT molecular complexity index is 452. The maximum Gasteiger partial charge on any atom is 0.231 e. The van der Waals surface area contributed by atoms with Gasteiger partial charge < -0.3 is 14.6 Å². The molecule has 0 aromatic heterocycles. The lowest BCUT2D eigenvalue weighted by atomic mass is 10.0. The number of rotatable bonds is 2. The predicted molar refractivity (Wildman–Crippen MR) is 60.2 cm³/mol. The summed E-state index contributed by atoms with van der Waals surface area (Å²) in [6.07, 6.45) is 2.40. The van der Waals surface area contributed by atoms with Crippen molar-refractivity contribution >= 4 is 11.6 Å². The standard InChI is InChI=1S/C12H13ClO3/c1-7-8(5-12(14)2-3-12)4-9-11(10(7)13)16-6-15-9/h4,14H,2-3,5-6H2,1H3. The first-order valence-electron chi connectivity index (χ1n) is 5.39. The van der Waals surface area contributed by atoms with Gasteiger partial charge in [-0.1, -0.05) is 11.6 Å². The highest BCUT2D eigenvalue weighted by Gasteiger charge is 2.41. The van der Waals surface area contributed by atoms with E-state index in [4.69, 9.17) is 21.1 Å². The molecule has 1 saturated carbocycles. The number of aliphatic hydroxyl groups is 1. The molecule has 1 heterocycles. The molecule has 3 rings (SSSR count). The van der Waals surface area contributed by atoms with E-state index in [-0.39, 0.29) is 6.79 Å². The lowest BCUT2D eigenvalue weighted by Gasteiger charge is -2.13. The fourth-order valence-electron chi connectivity index (χ4n) is 2.00. The third-order valence-electron chi connectivity index (χ3n) is 3.30. The molecule has 4 heteroatoms. The second-order valence-corrected chi connectivity index (χ2v) is 4.99. The van der Waals surface area contributed by atoms with Crippen molar-refractivity contribution in [3.8, 4) is 11.5 Å². The molecule has 1 aromatic carbocycles. The van der Waals surface area contributed by atoms with Crippen LogP contribution in [0.25, 0.3) is 0 Å². The third kappa shape index (κ3) is 1.55. The van der Waals surface area contributed by atoms with Gasteiger partial charge in [0.2, 0.25) is 6.79 Å². The molecule has 2 aliphatic rings. The zero-order valence-electron chi connectivity index (χ0n) is 9.05. The van der Waals surface area contributed by atoms with Gasteiger partial charge in [-0.25, -0.2) is 0 Å². The quantitative estimate of drug-likeness (QED) is 0.863. The molecule has 0 bridgehead atoms. The SMILES string of the molecule is Cc1c(CC2(O)CC2)cc2c(c1Cl)OCO2. The van der Waals surface area contributed by atoms with E-state index in [0.717, 1.165) is 24.0 Å². The van der Waals surface area contributed by atoms with Crippen LogP contribution in [-0.4, -0.2) is 17.5 Å². The summed E-state index contributed by atoms with van der Waals surface area (Å²) in [6, 6.07) is 1.93. The minimum Gasteiger partial charge on any atom is -0.454 e. The first kappa shape index (κ1) is 10.2. The van der Waals surface area contributed by atoms with Crippen molar-refractivity contribution in [3.63, 3.8) is 0 Å². The number of halogens is 1. The monoisotopic (exact) mass is 240 g/mol. The van der Waals surface area contributed by atoms with Crippen molar-refractivity contribution in [2.24, 2.45) is 0 Å². The predicted octanol–water partition coefficient (Wildman–Crippen LogP) is 2.44. The van der Waals surface area contributed by atoms with E-state index < -0.39 is 5.60 Å². The minimum atomic E-state index is -0.512. The topological polar surface area (TPSA) is 38.7 Å². The van der Waals surface area contributed by atoms with Crippen LogP contribution in [0.3, 0.4) is 0 Å². The smallest absolute Gasteiger partial charge is 0.231 e. The summed E-state index contributed by atoms with van der Waals surface area (Å²) in [5.41, 5.74) is 1.52. The van der Waals surface area contributed by atoms with Gasteiger partial charge in [0.25, 0.3) is 0 Å². The zero-order valence-corrected chi connectivity index (χ0v) is 9.80. The Morgan fingerprint density at radius 2 is 2.19 bits per heavy atom. The van der Waals surface area contributed by atoms with Crippen LogP contribution in [0.5, 0.6) is 11.5 Å². The summed E-state index contributed by atoms with van der Waals surface area (Å²) in [7, 11) is 0. The number of hydrogen-bond acceptors (Lipinski definition) is 3. The summed E-state index contributed by atoms with van der Waals surface area (Å²) in [4.78, 5) is 0. The number of ether oxygens (including phenoxy) is 2. The fraction of sp³-hybridized carbons (Fsp3) is 0.500. The average molecular weight is 241 g/mol. The van der Waals surface area contributed by atoms with E-state index >= 15 is 0 Å². The van der Waals surface area contributed by atoms with Crippen LogP contribution in [0.1, 0.15) is 24.0 Å². The normalized spacial score (nSPS) is 19.9. The Labute approximate surface area is 98.9 Å². The van der Waals surface area contributed by atoms with Gasteiger partial charge in [-0.05, 0) is 37.0 Å². The maximum absolute atomic E-state index is 9.93. The average Bonchev–Trinajstić information content (AvgIpc) is 2.79. The van der Waals surface area contributed by atoms with E-state index in [1.165, 1.54) is 0 Å². The second-order valence-electron chi connectivity index (χ2n) is 4.61. The Hall–Kier alpha value is -0.930. The molecular weight excluding hydrogens is 228 g/mol. The Kier molecular flexibility index (Phi) is 2.10. The van der Waals surface area contributed by atoms with Crippen molar-refractivity contribution in [1.82, 2.24) is 0 Å². The number of hydrogen-bond donors (Lipinski definition) is 1. The molecule has 0 saturated heterocycles. The lowest BCUT2D eigenvalue weighted by molar-refractivity contribution is 0.150. The van der Waals surface area contributed by atoms with E-state index in [0.29, 0.717) is 22.9 Å². The first-order valence-corrected chi connectivity index (χ1v) is 5.77. The molecule has 0 unspecified atom stereocenters. The van der Waals surface area contributed by atoms with E-state index in [2.05, 4.69) is 0 Å². The molecule has 1 fully saturated rings. The Balaban J connectivity index is 2.02. The highest BCUT2D eigenvalue weighted by Crippen LogP contribution is 2.45. The van der Waals surface area contributed by atoms with Crippen LogP contribution in [0.15, 0.2) is 6.07 Å². The van der Waals surface area contributed by atoms with Gasteiger partial charge in [0, 0.05) is 6.42 Å². The molecule has 0 radical (unpaired) electrons. The van der Waals surface area contributed by atoms with Gasteiger partial charge in [0.15, 0.2) is 11.5 Å². The van der Waals surface area contributed by atoms with Crippen LogP contribution in [0, 0.1) is 6.92 Å². The summed E-state index contributed by atoms with van der Waals surface area (Å²) in [5.74, 6) is 1.32. The van der Waals surface area contributed by atoms with Gasteiger partial charge in [-0.2, -0.15) is 0 Å². The minimum absolute atomic E-state index is 0.224. The van der Waals surface area contributed by atoms with Crippen LogP contribution < -0.4 is 9.47 Å². The van der Waals surface area contributed by atoms with Crippen LogP contribution in [0.2, 0.25) is 5.02 Å². The molecular formula is C12H13ClO3. The summed E-state index contributed by atoms with van der Waals surface area (Å²) < 4.78 is 10.6. The molecule has 0 atom stereocenters. The van der Waals surface area contributed by atoms with Gasteiger partial charge in [0.1, 0.15) is 0 Å². The van der Waals surface area contributed by atoms with Crippen LogP contribution in [0.4, 0.5) is 0 Å². The van der Waals surface area contributed by atoms with Crippen LogP contribution in [-0.2, 0) is 6.42 Å². The molecule has 1 aromatic rings. The van der Waals surface area contributed by atoms with E-state index in [1.807, 2.05) is 13.0 Å². The third-order valence-corrected chi connectivity index (χ3v) is 3.76. The molecule has 1 aliphatic heterocycles. The summed E-state index contributed by atoms with van der Waals surface area (Å²) in [5, 5.41) is 10.5. The molecule has 86 valence electrons. The first-order chi connectivity index (χ1) is 7.59. The van der Waals surface area contributed by atoms with Gasteiger partial charge in [-0.15, -0.1) is 0 Å². The lowest BCUT2D eigenvalue weighted by Crippen LogP contribution is -2.11. The van der Waals surface area contributed by atoms with Gasteiger partial charge in [0.05, 0.1) is 10.6 Å². The van der Waals surface area contributed by atoms with Crippen LogP contribution >= 0.6 is 11.6 Å². The van der Waals surface area contributed by atoms with Crippen molar-refractivity contribution in [1.29, 1.82) is 0 Å². The van der Waals surface area contributed by atoms with E-state index in [9.17, 15) is 5.11 Å². The molecule has 1 N–H and O–H groups in total. The summed E-state index contributed by atoms with van der Waals surface area (Å²) >= 11 is 6.21. The fourth-order valence-corrected chi connectivity index (χ4v) is 2.27. The van der Waals surface area contributed by atoms with Gasteiger partial charge >= 0.3 is 0 Å². The number of fused-ring (bicyclic) bond motifs is 1. The van der Waals surface area contributed by atoms with Crippen molar-refractivity contribution < 1.29 is 14.6 Å². The number of benzene rings is 1. The van der Waals surface area contributed by atoms with E-state index in [1.54, 1.807) is 0 Å². The molecule has 1 aliphatic carbocycles. The summed E-state index contributed by atoms with van der Waals surface area (Å²) in [6.45, 7) is 2.17. The van der Waals surface area contributed by atoms with Crippen molar-refractivity contribution in [2.45, 2.75) is 31.8 Å². The largest absolute Gasteiger partial charge is 0.454 e. The Morgan fingerprint density at radius 1 is 1.44 bits per heavy atom. The highest BCUT2D eigenvalue weighted by molar-refractivity contribution is 6.33.